The number of aromatic nitrogens is 4. The summed E-state index contributed by atoms with van der Waals surface area (Å²) < 4.78 is 1.91. The number of rotatable bonds is 10. The van der Waals surface area contributed by atoms with E-state index < -0.39 is 5.54 Å². The molecule has 10 heteroatoms. The number of anilines is 3. The van der Waals surface area contributed by atoms with Gasteiger partial charge in [0.25, 0.3) is 5.91 Å². The van der Waals surface area contributed by atoms with E-state index in [1.165, 1.54) is 0 Å². The van der Waals surface area contributed by atoms with Crippen LogP contribution in [0.4, 0.5) is 17.5 Å². The average Bonchev–Trinajstić information content (AvgIpc) is 3.52. The minimum Gasteiger partial charge on any atom is -0.394 e. The SMILES string of the molecule is CN(C)CCn1cc(-c2cnc(Nc3ccc4c(c3)C(C)(C)NC4=O)nc2N[C@H](CO)C2CC2)cn1. The topological polar surface area (TPSA) is 120 Å². The highest BCUT2D eigenvalue weighted by molar-refractivity contribution is 6.00. The maximum atomic E-state index is 12.2. The van der Waals surface area contributed by atoms with Gasteiger partial charge in [0.1, 0.15) is 5.82 Å². The van der Waals surface area contributed by atoms with Gasteiger partial charge < -0.3 is 26.0 Å². The second-order valence-electron chi connectivity index (χ2n) is 10.5. The number of nitrogens with zero attached hydrogens (tertiary/aromatic N) is 5. The van der Waals surface area contributed by atoms with Gasteiger partial charge >= 0.3 is 0 Å². The average molecular weight is 491 g/mol. The van der Waals surface area contributed by atoms with Crippen molar-refractivity contribution in [2.24, 2.45) is 5.92 Å². The number of benzene rings is 1. The number of aliphatic hydroxyl groups excluding tert-OH is 1. The first kappa shape index (κ1) is 24.2. The summed E-state index contributed by atoms with van der Waals surface area (Å²) in [6.45, 7) is 5.68. The summed E-state index contributed by atoms with van der Waals surface area (Å²) in [6.07, 6.45) is 7.81. The van der Waals surface area contributed by atoms with Crippen molar-refractivity contribution in [1.29, 1.82) is 0 Å². The molecule has 0 bridgehead atoms. The summed E-state index contributed by atoms with van der Waals surface area (Å²) in [5.74, 6) is 1.48. The van der Waals surface area contributed by atoms with Crippen molar-refractivity contribution >= 4 is 23.4 Å². The molecule has 1 saturated carbocycles. The third-order valence-electron chi connectivity index (χ3n) is 6.84. The molecule has 10 nitrogen and oxygen atoms in total. The summed E-state index contributed by atoms with van der Waals surface area (Å²) in [6, 6.07) is 5.59. The van der Waals surface area contributed by atoms with Gasteiger partial charge in [-0.3, -0.25) is 9.48 Å². The number of amides is 1. The second kappa shape index (κ2) is 9.51. The van der Waals surface area contributed by atoms with E-state index in [9.17, 15) is 9.90 Å². The lowest BCUT2D eigenvalue weighted by atomic mass is 9.94. The number of aliphatic hydroxyl groups is 1. The Hall–Kier alpha value is -3.50. The van der Waals surface area contributed by atoms with Crippen molar-refractivity contribution in [2.75, 3.05) is 37.9 Å². The number of carbonyl (C=O) groups excluding carboxylic acids is 1. The molecule has 1 aliphatic heterocycles. The van der Waals surface area contributed by atoms with Crippen molar-refractivity contribution in [3.8, 4) is 11.1 Å². The first-order chi connectivity index (χ1) is 17.2. The van der Waals surface area contributed by atoms with Crippen LogP contribution in [0.5, 0.6) is 0 Å². The molecule has 2 aliphatic rings. The number of hydrogen-bond donors (Lipinski definition) is 4. The van der Waals surface area contributed by atoms with Crippen LogP contribution in [0.1, 0.15) is 42.6 Å². The third kappa shape index (κ3) is 5.05. The quantitative estimate of drug-likeness (QED) is 0.342. The van der Waals surface area contributed by atoms with Gasteiger partial charge in [-0.15, -0.1) is 0 Å². The highest BCUT2D eigenvalue weighted by Crippen LogP contribution is 2.36. The minimum atomic E-state index is -0.438. The van der Waals surface area contributed by atoms with E-state index in [1.54, 1.807) is 6.20 Å². The highest BCUT2D eigenvalue weighted by Gasteiger charge is 2.35. The van der Waals surface area contributed by atoms with Gasteiger partial charge in [-0.25, -0.2) is 4.98 Å². The van der Waals surface area contributed by atoms with Crippen molar-refractivity contribution < 1.29 is 9.90 Å². The predicted octanol–water partition coefficient (Wildman–Crippen LogP) is 2.81. The zero-order valence-electron chi connectivity index (χ0n) is 21.2. The number of carbonyl (C=O) groups is 1. The maximum Gasteiger partial charge on any atom is 0.252 e. The van der Waals surface area contributed by atoms with Crippen molar-refractivity contribution in [1.82, 2.24) is 30.0 Å². The van der Waals surface area contributed by atoms with Gasteiger partial charge in [0.15, 0.2) is 0 Å². The lowest BCUT2D eigenvalue weighted by Crippen LogP contribution is -2.32. The van der Waals surface area contributed by atoms with Gasteiger partial charge in [0.2, 0.25) is 5.95 Å². The Labute approximate surface area is 211 Å². The molecule has 0 unspecified atom stereocenters. The van der Waals surface area contributed by atoms with Crippen LogP contribution in [0, 0.1) is 5.92 Å². The number of likely N-dealkylation sites (N-methyl/N-ethyl adjacent to an activating group) is 1. The molecular weight excluding hydrogens is 456 g/mol. The highest BCUT2D eigenvalue weighted by atomic mass is 16.3. The Morgan fingerprint density at radius 1 is 1.25 bits per heavy atom. The summed E-state index contributed by atoms with van der Waals surface area (Å²) in [5, 5.41) is 24.2. The molecule has 0 spiro atoms. The Bertz CT molecular complexity index is 1260. The van der Waals surface area contributed by atoms with Crippen LogP contribution in [0.2, 0.25) is 0 Å². The van der Waals surface area contributed by atoms with Crippen LogP contribution in [0.3, 0.4) is 0 Å². The Kier molecular flexibility index (Phi) is 6.40. The fourth-order valence-electron chi connectivity index (χ4n) is 4.56. The minimum absolute atomic E-state index is 0.0416. The van der Waals surface area contributed by atoms with Gasteiger partial charge in [-0.1, -0.05) is 0 Å². The van der Waals surface area contributed by atoms with Crippen LogP contribution in [0.15, 0.2) is 36.8 Å². The Morgan fingerprint density at radius 2 is 2.06 bits per heavy atom. The molecule has 1 aromatic carbocycles. The number of nitrogens with one attached hydrogen (secondary N) is 3. The molecule has 2 aromatic heterocycles. The van der Waals surface area contributed by atoms with Crippen LogP contribution in [-0.4, -0.2) is 69.0 Å². The summed E-state index contributed by atoms with van der Waals surface area (Å²) >= 11 is 0. The summed E-state index contributed by atoms with van der Waals surface area (Å²) in [7, 11) is 4.07. The second-order valence-corrected chi connectivity index (χ2v) is 10.5. The maximum absolute atomic E-state index is 12.2. The first-order valence-corrected chi connectivity index (χ1v) is 12.4. The lowest BCUT2D eigenvalue weighted by Gasteiger charge is -2.20. The van der Waals surface area contributed by atoms with Gasteiger partial charge in [-0.2, -0.15) is 10.1 Å². The molecule has 1 fully saturated rings. The summed E-state index contributed by atoms with van der Waals surface area (Å²) in [5.41, 5.74) is 3.74. The molecule has 1 aliphatic carbocycles. The van der Waals surface area contributed by atoms with Crippen LogP contribution in [0.25, 0.3) is 11.1 Å². The number of hydrogen-bond acceptors (Lipinski definition) is 8. The monoisotopic (exact) mass is 490 g/mol. The molecule has 5 rings (SSSR count). The summed E-state index contributed by atoms with van der Waals surface area (Å²) in [4.78, 5) is 23.7. The van der Waals surface area contributed by atoms with Crippen LogP contribution < -0.4 is 16.0 Å². The molecule has 0 radical (unpaired) electrons. The van der Waals surface area contributed by atoms with E-state index in [0.717, 1.165) is 48.3 Å². The third-order valence-corrected chi connectivity index (χ3v) is 6.84. The molecule has 0 saturated heterocycles. The molecule has 1 amide bonds. The Morgan fingerprint density at radius 3 is 2.78 bits per heavy atom. The van der Waals surface area contributed by atoms with Crippen LogP contribution >= 0.6 is 0 Å². The normalized spacial score (nSPS) is 17.1. The van der Waals surface area contributed by atoms with Crippen molar-refractivity contribution in [2.45, 2.75) is 44.8 Å². The largest absolute Gasteiger partial charge is 0.394 e. The smallest absolute Gasteiger partial charge is 0.252 e. The van der Waals surface area contributed by atoms with E-state index in [1.807, 2.05) is 63.2 Å². The fraction of sp³-hybridized carbons (Fsp3) is 0.462. The standard InChI is InChI=1S/C26H34N8O2/c1-26(2)21-11-18(7-8-19(21)24(36)32-26)29-25-27-13-20(17-12-28-34(14-17)10-9-33(3)4)23(31-25)30-22(15-35)16-5-6-16/h7-8,11-14,16,22,35H,5-6,9-10,15H2,1-4H3,(H,32,36)(H2,27,29,30,31)/t22-/m1/s1. The van der Waals surface area contributed by atoms with Crippen LogP contribution in [-0.2, 0) is 12.1 Å². The van der Waals surface area contributed by atoms with E-state index in [4.69, 9.17) is 4.98 Å². The molecule has 4 N–H and O–H groups in total. The molecule has 190 valence electrons. The zero-order valence-corrected chi connectivity index (χ0v) is 21.2. The predicted molar refractivity (Wildman–Crippen MR) is 139 cm³/mol. The number of fused-ring (bicyclic) bond motifs is 1. The lowest BCUT2D eigenvalue weighted by molar-refractivity contribution is 0.0940. The molecule has 36 heavy (non-hydrogen) atoms. The molecule has 1 atom stereocenters. The van der Waals surface area contributed by atoms with E-state index in [-0.39, 0.29) is 18.6 Å². The van der Waals surface area contributed by atoms with Crippen molar-refractivity contribution in [3.63, 3.8) is 0 Å². The first-order valence-electron chi connectivity index (χ1n) is 12.4. The van der Waals surface area contributed by atoms with Crippen molar-refractivity contribution in [3.05, 3.63) is 47.9 Å². The molecule has 3 heterocycles. The van der Waals surface area contributed by atoms with E-state index in [2.05, 4.69) is 30.9 Å². The van der Waals surface area contributed by atoms with E-state index in [0.29, 0.717) is 23.2 Å². The van der Waals surface area contributed by atoms with Gasteiger partial charge in [0.05, 0.1) is 30.9 Å². The molecular formula is C26H34N8O2. The van der Waals surface area contributed by atoms with Gasteiger partial charge in [0, 0.05) is 41.3 Å². The van der Waals surface area contributed by atoms with Gasteiger partial charge in [-0.05, 0) is 70.5 Å². The zero-order chi connectivity index (χ0) is 25.4. The Balaban J connectivity index is 1.44. The fourth-order valence-corrected chi connectivity index (χ4v) is 4.56. The van der Waals surface area contributed by atoms with E-state index >= 15 is 0 Å². The molecule has 3 aromatic rings.